The predicted octanol–water partition coefficient (Wildman–Crippen LogP) is 2.69. The average Bonchev–Trinajstić information content (AvgIpc) is 2.66. The van der Waals surface area contributed by atoms with E-state index in [1.807, 2.05) is 44.2 Å². The van der Waals surface area contributed by atoms with Gasteiger partial charge in [0.1, 0.15) is 11.3 Å². The normalized spacial score (nSPS) is 18.9. The van der Waals surface area contributed by atoms with Crippen LogP contribution in [0.15, 0.2) is 47.2 Å². The Bertz CT molecular complexity index is 530. The van der Waals surface area contributed by atoms with E-state index in [4.69, 9.17) is 9.47 Å². The van der Waals surface area contributed by atoms with Crippen LogP contribution in [-0.4, -0.2) is 24.0 Å². The van der Waals surface area contributed by atoms with Gasteiger partial charge in [0.25, 0.3) is 0 Å². The van der Waals surface area contributed by atoms with Crippen LogP contribution in [0, 0.1) is 0 Å². The number of carbonyl (C=O) groups is 1. The standard InChI is InChI=1S/C15H17NO3/c1-4-18-13(17)10-12-15(2,3)16-14(19-12)11-8-6-5-7-9-11/h5-10H,4H2,1-3H3/b12-10-. The van der Waals surface area contributed by atoms with Crippen molar-refractivity contribution in [3.63, 3.8) is 0 Å². The molecule has 1 heterocycles. The first-order valence-corrected chi connectivity index (χ1v) is 6.25. The van der Waals surface area contributed by atoms with Gasteiger partial charge < -0.3 is 9.47 Å². The predicted molar refractivity (Wildman–Crippen MR) is 72.9 cm³/mol. The third kappa shape index (κ3) is 3.02. The fourth-order valence-corrected chi connectivity index (χ4v) is 1.76. The summed E-state index contributed by atoms with van der Waals surface area (Å²) in [4.78, 5) is 16.0. The SMILES string of the molecule is CCOC(=O)/C=C1\OC(c2ccccc2)=NC1(C)C. The van der Waals surface area contributed by atoms with Gasteiger partial charge in [-0.05, 0) is 32.9 Å². The third-order valence-corrected chi connectivity index (χ3v) is 2.75. The zero-order valence-electron chi connectivity index (χ0n) is 11.3. The topological polar surface area (TPSA) is 47.9 Å². The maximum atomic E-state index is 11.5. The van der Waals surface area contributed by atoms with Crippen LogP contribution in [-0.2, 0) is 14.3 Å². The number of aliphatic imine (C=N–C) groups is 1. The Kier molecular flexibility index (Phi) is 3.69. The van der Waals surface area contributed by atoms with Gasteiger partial charge in [-0.15, -0.1) is 0 Å². The number of esters is 1. The zero-order chi connectivity index (χ0) is 13.9. The fraction of sp³-hybridized carbons (Fsp3) is 0.333. The van der Waals surface area contributed by atoms with Gasteiger partial charge in [-0.2, -0.15) is 0 Å². The molecule has 100 valence electrons. The monoisotopic (exact) mass is 259 g/mol. The Morgan fingerprint density at radius 3 is 2.68 bits per heavy atom. The highest BCUT2D eigenvalue weighted by molar-refractivity contribution is 5.97. The van der Waals surface area contributed by atoms with Gasteiger partial charge in [0.05, 0.1) is 12.7 Å². The van der Waals surface area contributed by atoms with E-state index >= 15 is 0 Å². The molecule has 1 aromatic carbocycles. The summed E-state index contributed by atoms with van der Waals surface area (Å²) >= 11 is 0. The van der Waals surface area contributed by atoms with Crippen molar-refractivity contribution in [3.8, 4) is 0 Å². The summed E-state index contributed by atoms with van der Waals surface area (Å²) in [5.74, 6) is 0.626. The van der Waals surface area contributed by atoms with Crippen LogP contribution in [0.2, 0.25) is 0 Å². The minimum atomic E-state index is -0.558. The summed E-state index contributed by atoms with van der Waals surface area (Å²) in [6, 6.07) is 9.60. The molecule has 0 amide bonds. The molecule has 0 unspecified atom stereocenters. The summed E-state index contributed by atoms with van der Waals surface area (Å²) in [7, 11) is 0. The van der Waals surface area contributed by atoms with Crippen molar-refractivity contribution in [2.75, 3.05) is 6.61 Å². The lowest BCUT2D eigenvalue weighted by Crippen LogP contribution is -2.17. The molecule has 0 aliphatic carbocycles. The Balaban J connectivity index is 2.23. The van der Waals surface area contributed by atoms with Gasteiger partial charge in [0, 0.05) is 5.56 Å². The maximum Gasteiger partial charge on any atom is 0.334 e. The van der Waals surface area contributed by atoms with Crippen molar-refractivity contribution >= 4 is 11.9 Å². The number of carbonyl (C=O) groups excluding carboxylic acids is 1. The highest BCUT2D eigenvalue weighted by Gasteiger charge is 2.34. The Morgan fingerprint density at radius 1 is 1.37 bits per heavy atom. The summed E-state index contributed by atoms with van der Waals surface area (Å²) in [6.07, 6.45) is 1.36. The maximum absolute atomic E-state index is 11.5. The van der Waals surface area contributed by atoms with Crippen LogP contribution in [0.1, 0.15) is 26.3 Å². The van der Waals surface area contributed by atoms with Crippen LogP contribution in [0.5, 0.6) is 0 Å². The number of nitrogens with zero attached hydrogens (tertiary/aromatic N) is 1. The molecular weight excluding hydrogens is 242 g/mol. The molecule has 1 aliphatic rings. The van der Waals surface area contributed by atoms with Gasteiger partial charge in [0.2, 0.25) is 5.90 Å². The molecule has 2 rings (SSSR count). The zero-order valence-corrected chi connectivity index (χ0v) is 11.3. The molecule has 0 bridgehead atoms. The average molecular weight is 259 g/mol. The van der Waals surface area contributed by atoms with Crippen molar-refractivity contribution in [2.24, 2.45) is 4.99 Å². The molecule has 0 radical (unpaired) electrons. The molecule has 19 heavy (non-hydrogen) atoms. The summed E-state index contributed by atoms with van der Waals surface area (Å²) in [5, 5.41) is 0. The van der Waals surface area contributed by atoms with E-state index in [1.165, 1.54) is 6.08 Å². The largest absolute Gasteiger partial charge is 0.463 e. The van der Waals surface area contributed by atoms with Crippen molar-refractivity contribution in [3.05, 3.63) is 47.7 Å². The second kappa shape index (κ2) is 5.26. The number of hydrogen-bond acceptors (Lipinski definition) is 4. The number of ether oxygens (including phenoxy) is 2. The van der Waals surface area contributed by atoms with E-state index in [0.717, 1.165) is 5.56 Å². The second-order valence-electron chi connectivity index (χ2n) is 4.70. The number of hydrogen-bond donors (Lipinski definition) is 0. The first-order valence-electron chi connectivity index (χ1n) is 6.25. The van der Waals surface area contributed by atoms with E-state index in [0.29, 0.717) is 18.3 Å². The molecule has 0 saturated heterocycles. The van der Waals surface area contributed by atoms with Gasteiger partial charge in [-0.25, -0.2) is 9.79 Å². The van der Waals surface area contributed by atoms with Crippen molar-refractivity contribution in [1.29, 1.82) is 0 Å². The fourth-order valence-electron chi connectivity index (χ4n) is 1.76. The van der Waals surface area contributed by atoms with Gasteiger partial charge in [-0.1, -0.05) is 18.2 Å². The first kappa shape index (κ1) is 13.3. The van der Waals surface area contributed by atoms with E-state index in [1.54, 1.807) is 6.92 Å². The van der Waals surface area contributed by atoms with Gasteiger partial charge in [-0.3, -0.25) is 0 Å². The van der Waals surface area contributed by atoms with E-state index < -0.39 is 11.5 Å². The Labute approximate surface area is 112 Å². The van der Waals surface area contributed by atoms with Crippen molar-refractivity contribution in [2.45, 2.75) is 26.3 Å². The minimum absolute atomic E-state index is 0.343. The van der Waals surface area contributed by atoms with Crippen LogP contribution in [0.4, 0.5) is 0 Å². The molecule has 4 nitrogen and oxygen atoms in total. The number of rotatable bonds is 3. The van der Waals surface area contributed by atoms with Gasteiger partial charge in [0.15, 0.2) is 0 Å². The molecule has 0 saturated carbocycles. The summed E-state index contributed by atoms with van der Waals surface area (Å²) in [6.45, 7) is 5.90. The van der Waals surface area contributed by atoms with E-state index in [9.17, 15) is 4.79 Å². The molecule has 1 aliphatic heterocycles. The van der Waals surface area contributed by atoms with Crippen LogP contribution in [0.3, 0.4) is 0 Å². The van der Waals surface area contributed by atoms with E-state index in [-0.39, 0.29) is 0 Å². The highest BCUT2D eigenvalue weighted by Crippen LogP contribution is 2.30. The van der Waals surface area contributed by atoms with Crippen LogP contribution >= 0.6 is 0 Å². The van der Waals surface area contributed by atoms with Crippen LogP contribution in [0.25, 0.3) is 0 Å². The molecule has 1 aromatic rings. The Morgan fingerprint density at radius 2 is 2.05 bits per heavy atom. The van der Waals surface area contributed by atoms with E-state index in [2.05, 4.69) is 4.99 Å². The Hall–Kier alpha value is -2.10. The summed E-state index contributed by atoms with van der Waals surface area (Å²) in [5.41, 5.74) is 0.334. The van der Waals surface area contributed by atoms with Crippen molar-refractivity contribution < 1.29 is 14.3 Å². The molecule has 0 N–H and O–H groups in total. The number of benzene rings is 1. The molecule has 0 fully saturated rings. The second-order valence-corrected chi connectivity index (χ2v) is 4.70. The van der Waals surface area contributed by atoms with Gasteiger partial charge >= 0.3 is 5.97 Å². The molecule has 4 heteroatoms. The molecule has 0 spiro atoms. The lowest BCUT2D eigenvalue weighted by atomic mass is 10.0. The highest BCUT2D eigenvalue weighted by atomic mass is 16.5. The summed E-state index contributed by atoms with van der Waals surface area (Å²) < 4.78 is 10.6. The smallest absolute Gasteiger partial charge is 0.334 e. The third-order valence-electron chi connectivity index (χ3n) is 2.75. The lowest BCUT2D eigenvalue weighted by Gasteiger charge is -2.13. The molecule has 0 atom stereocenters. The quantitative estimate of drug-likeness (QED) is 0.619. The van der Waals surface area contributed by atoms with Crippen LogP contribution < -0.4 is 0 Å². The lowest BCUT2D eigenvalue weighted by molar-refractivity contribution is -0.137. The first-order chi connectivity index (χ1) is 9.03. The van der Waals surface area contributed by atoms with Crippen molar-refractivity contribution in [1.82, 2.24) is 0 Å². The minimum Gasteiger partial charge on any atom is -0.463 e. The molecular formula is C15H17NO3. The molecule has 0 aromatic heterocycles.